The van der Waals surface area contributed by atoms with Crippen LogP contribution >= 0.6 is 34.0 Å². The molecule has 190 valence electrons. The predicted molar refractivity (Wildman–Crippen MR) is 159 cm³/mol. The summed E-state index contributed by atoms with van der Waals surface area (Å²) in [7, 11) is 0. The van der Waals surface area contributed by atoms with Crippen molar-refractivity contribution in [2.24, 2.45) is 5.41 Å². The van der Waals surface area contributed by atoms with Gasteiger partial charge in [0.25, 0.3) is 0 Å². The fourth-order valence-electron chi connectivity index (χ4n) is 7.73. The minimum Gasteiger partial charge on any atom is -0.192 e. The van der Waals surface area contributed by atoms with Crippen LogP contribution in [-0.4, -0.2) is 0 Å². The molecule has 7 rings (SSSR count). The number of allylic oxidation sites excluding steroid dienone is 7. The molecule has 4 aliphatic rings. The molecule has 0 N–H and O–H groups in total. The first-order valence-electron chi connectivity index (χ1n) is 13.6. The smallest absolute Gasteiger partial charge is 0.131 e. The van der Waals surface area contributed by atoms with Gasteiger partial charge in [-0.3, -0.25) is 0 Å². The molecule has 0 atom stereocenters. The highest BCUT2D eigenvalue weighted by atomic mass is 32.1. The van der Waals surface area contributed by atoms with E-state index < -0.39 is 0 Å². The number of rotatable bonds is 2. The van der Waals surface area contributed by atoms with Crippen molar-refractivity contribution in [3.8, 4) is 24.3 Å². The first kappa shape index (κ1) is 24.6. The van der Waals surface area contributed by atoms with Gasteiger partial charge in [0.2, 0.25) is 0 Å². The van der Waals surface area contributed by atoms with Crippen LogP contribution in [0.25, 0.3) is 30.4 Å². The Bertz CT molecular complexity index is 1830. The van der Waals surface area contributed by atoms with Crippen molar-refractivity contribution in [1.29, 1.82) is 21.0 Å². The van der Waals surface area contributed by atoms with Gasteiger partial charge in [0, 0.05) is 25.3 Å². The summed E-state index contributed by atoms with van der Waals surface area (Å²) in [5.41, 5.74) is 5.99. The van der Waals surface area contributed by atoms with E-state index in [4.69, 9.17) is 0 Å². The van der Waals surface area contributed by atoms with Gasteiger partial charge in [0.1, 0.15) is 35.4 Å². The Morgan fingerprint density at radius 2 is 1.31 bits per heavy atom. The first-order chi connectivity index (χ1) is 19.1. The average Bonchev–Trinajstić information content (AvgIpc) is 3.73. The average molecular weight is 561 g/mol. The lowest BCUT2D eigenvalue weighted by Gasteiger charge is -2.38. The second kappa shape index (κ2) is 9.05. The van der Waals surface area contributed by atoms with E-state index in [9.17, 15) is 21.0 Å². The van der Waals surface area contributed by atoms with Gasteiger partial charge in [-0.1, -0.05) is 44.6 Å². The van der Waals surface area contributed by atoms with E-state index in [0.717, 1.165) is 30.6 Å². The fourth-order valence-corrected chi connectivity index (χ4v) is 12.3. The van der Waals surface area contributed by atoms with E-state index in [1.807, 2.05) is 40.9 Å². The number of nitriles is 4. The summed E-state index contributed by atoms with van der Waals surface area (Å²) in [6, 6.07) is 10.3. The minimum absolute atomic E-state index is 0.0190. The van der Waals surface area contributed by atoms with E-state index in [1.165, 1.54) is 78.9 Å². The van der Waals surface area contributed by atoms with Crippen LogP contribution in [0.2, 0.25) is 0 Å². The molecule has 7 heteroatoms. The molecule has 0 saturated heterocycles. The van der Waals surface area contributed by atoms with Crippen LogP contribution < -0.4 is 0 Å². The number of thiophene rings is 3. The maximum atomic E-state index is 9.62. The Kier molecular flexibility index (Phi) is 5.70. The molecule has 2 saturated carbocycles. The first-order valence-corrected chi connectivity index (χ1v) is 16.0. The van der Waals surface area contributed by atoms with Gasteiger partial charge < -0.3 is 0 Å². The Hall–Kier alpha value is -3.46. The van der Waals surface area contributed by atoms with Gasteiger partial charge in [-0.15, -0.1) is 34.0 Å². The molecular formula is C32H24N4S3. The lowest BCUT2D eigenvalue weighted by atomic mass is 9.66. The summed E-state index contributed by atoms with van der Waals surface area (Å²) >= 11 is 5.50. The molecule has 0 radical (unpaired) electrons. The van der Waals surface area contributed by atoms with E-state index in [2.05, 4.69) is 24.3 Å². The Morgan fingerprint density at radius 1 is 0.692 bits per heavy atom. The molecule has 4 nitrogen and oxygen atoms in total. The SMILES string of the molecule is N#CC(C#N)=CC1=CC2=C(c3sc4c(sc5cc(C=C(C#N)C#N)sc54)c3C23CCCCC3)C12CCCCC2. The van der Waals surface area contributed by atoms with Crippen LogP contribution in [0.5, 0.6) is 0 Å². The number of fused-ring (bicyclic) bond motifs is 9. The zero-order valence-electron chi connectivity index (χ0n) is 21.4. The number of hydrogen-bond donors (Lipinski definition) is 0. The highest BCUT2D eigenvalue weighted by Crippen LogP contribution is 2.70. The lowest BCUT2D eigenvalue weighted by molar-refractivity contribution is 0.329. The summed E-state index contributed by atoms with van der Waals surface area (Å²) in [6.45, 7) is 0. The van der Waals surface area contributed by atoms with Gasteiger partial charge in [0.15, 0.2) is 0 Å². The second-order valence-corrected chi connectivity index (χ2v) is 14.3. The highest BCUT2D eigenvalue weighted by molar-refractivity contribution is 7.39. The summed E-state index contributed by atoms with van der Waals surface area (Å²) in [4.78, 5) is 2.41. The van der Waals surface area contributed by atoms with E-state index in [1.54, 1.807) is 23.0 Å². The van der Waals surface area contributed by atoms with Gasteiger partial charge in [0.05, 0.1) is 14.1 Å². The molecule has 0 amide bonds. The zero-order valence-corrected chi connectivity index (χ0v) is 23.8. The monoisotopic (exact) mass is 560 g/mol. The van der Waals surface area contributed by atoms with E-state index in [0.29, 0.717) is 0 Å². The second-order valence-electron chi connectivity index (χ2n) is 11.1. The summed E-state index contributed by atoms with van der Waals surface area (Å²) in [5, 5.41) is 37.7. The van der Waals surface area contributed by atoms with Crippen LogP contribution in [0.3, 0.4) is 0 Å². The molecule has 39 heavy (non-hydrogen) atoms. The highest BCUT2D eigenvalue weighted by Gasteiger charge is 2.56. The number of nitrogens with zero attached hydrogens (tertiary/aromatic N) is 4. The topological polar surface area (TPSA) is 95.2 Å². The molecule has 0 aliphatic heterocycles. The standard InChI is InChI=1S/C32H24N4S3/c33-15-19(16-34)11-21-13-23-25(31(21)7-3-1-4-8-31)28-26(32(23)9-5-2-6-10-32)29-30(39-28)27-24(38-29)14-22(37-27)12-20(17-35)18-36/h11-14H,1-10H2. The van der Waals surface area contributed by atoms with E-state index in [-0.39, 0.29) is 22.0 Å². The summed E-state index contributed by atoms with van der Waals surface area (Å²) in [5.74, 6) is 0. The largest absolute Gasteiger partial charge is 0.192 e. The van der Waals surface area contributed by atoms with Crippen molar-refractivity contribution in [3.05, 3.63) is 55.8 Å². The molecule has 0 bridgehead atoms. The fraction of sp³-hybridized carbons (Fsp3) is 0.375. The van der Waals surface area contributed by atoms with Gasteiger partial charge in [-0.25, -0.2) is 0 Å². The molecule has 4 aliphatic carbocycles. The van der Waals surface area contributed by atoms with Crippen LogP contribution in [0.15, 0.2) is 40.5 Å². The van der Waals surface area contributed by atoms with E-state index >= 15 is 0 Å². The van der Waals surface area contributed by atoms with Gasteiger partial charge in [-0.2, -0.15) is 21.0 Å². The predicted octanol–water partition coefficient (Wildman–Crippen LogP) is 9.44. The lowest BCUT2D eigenvalue weighted by Crippen LogP contribution is -2.28. The van der Waals surface area contributed by atoms with Crippen LogP contribution in [0.1, 0.15) is 79.5 Å². The Labute approximate surface area is 239 Å². The van der Waals surface area contributed by atoms with Gasteiger partial charge in [-0.05, 0) is 66.2 Å². The van der Waals surface area contributed by atoms with Crippen LogP contribution in [-0.2, 0) is 5.41 Å². The Balaban J connectivity index is 1.47. The van der Waals surface area contributed by atoms with Crippen LogP contribution in [0.4, 0.5) is 0 Å². The van der Waals surface area contributed by atoms with Crippen molar-refractivity contribution < 1.29 is 0 Å². The third kappa shape index (κ3) is 3.35. The molecule has 0 aromatic carbocycles. The number of hydrogen-bond acceptors (Lipinski definition) is 7. The molecule has 3 aromatic rings. The quantitative estimate of drug-likeness (QED) is 0.292. The van der Waals surface area contributed by atoms with Gasteiger partial charge >= 0.3 is 0 Å². The summed E-state index contributed by atoms with van der Waals surface area (Å²) < 4.78 is 5.28. The van der Waals surface area contributed by atoms with Crippen molar-refractivity contribution in [2.45, 2.75) is 69.6 Å². The van der Waals surface area contributed by atoms with Crippen molar-refractivity contribution in [1.82, 2.24) is 0 Å². The normalized spacial score (nSPS) is 20.2. The third-order valence-electron chi connectivity index (χ3n) is 9.30. The minimum atomic E-state index is -0.105. The molecule has 0 unspecified atom stereocenters. The Morgan fingerprint density at radius 3 is 1.95 bits per heavy atom. The third-order valence-corrected chi connectivity index (χ3v) is 13.2. The molecular weight excluding hydrogens is 537 g/mol. The molecule has 2 spiro atoms. The van der Waals surface area contributed by atoms with Crippen molar-refractivity contribution in [2.75, 3.05) is 0 Å². The van der Waals surface area contributed by atoms with Crippen molar-refractivity contribution >= 4 is 64.5 Å². The van der Waals surface area contributed by atoms with Crippen LogP contribution in [0, 0.1) is 50.7 Å². The molecule has 2 fully saturated rings. The van der Waals surface area contributed by atoms with Crippen molar-refractivity contribution in [3.63, 3.8) is 0 Å². The zero-order chi connectivity index (χ0) is 26.8. The maximum Gasteiger partial charge on any atom is 0.131 e. The maximum absolute atomic E-state index is 9.62. The molecule has 3 aromatic heterocycles. The molecule has 3 heterocycles. The summed E-state index contributed by atoms with van der Waals surface area (Å²) in [6.07, 6.45) is 17.8.